The van der Waals surface area contributed by atoms with E-state index in [0.717, 1.165) is 18.2 Å². The van der Waals surface area contributed by atoms with Gasteiger partial charge < -0.3 is 25.9 Å². The third kappa shape index (κ3) is 6.15. The largest absolute Gasteiger partial charge is 0.478 e. The van der Waals surface area contributed by atoms with E-state index >= 15 is 0 Å². The normalized spacial score (nSPS) is 8.53. The minimum Gasteiger partial charge on any atom is -0.478 e. The number of carbonyl (C=O) groups is 3. The number of hydrogen-bond acceptors (Lipinski definition) is 4. The standard InChI is InChI=1S/C9H6O6.C2H6O.H2O/c10-7(11)4-1-5(8(12)13)3-6(2-4)9(14)15;1-2-3;/h1-3H,(H,10,11)(H,12,13)(H,14,15);3H,2H2,1H3;1H2. The fourth-order valence-corrected chi connectivity index (χ4v) is 0.998. The summed E-state index contributed by atoms with van der Waals surface area (Å²) >= 11 is 0. The van der Waals surface area contributed by atoms with Crippen LogP contribution < -0.4 is 0 Å². The van der Waals surface area contributed by atoms with Crippen LogP contribution in [0.25, 0.3) is 0 Å². The van der Waals surface area contributed by atoms with Crippen LogP contribution in [0.1, 0.15) is 38.0 Å². The lowest BCUT2D eigenvalue weighted by atomic mass is 10.1. The molecule has 106 valence electrons. The van der Waals surface area contributed by atoms with Crippen molar-refractivity contribution in [2.45, 2.75) is 6.92 Å². The van der Waals surface area contributed by atoms with Crippen LogP contribution >= 0.6 is 0 Å². The summed E-state index contributed by atoms with van der Waals surface area (Å²) in [6.07, 6.45) is 0. The van der Waals surface area contributed by atoms with Crippen LogP contribution in [0.2, 0.25) is 0 Å². The molecule has 0 bridgehead atoms. The van der Waals surface area contributed by atoms with Crippen molar-refractivity contribution in [1.82, 2.24) is 0 Å². The van der Waals surface area contributed by atoms with E-state index in [0.29, 0.717) is 0 Å². The Morgan fingerprint density at radius 2 is 1.00 bits per heavy atom. The fraction of sp³-hybridized carbons (Fsp3) is 0.182. The summed E-state index contributed by atoms with van der Waals surface area (Å²) in [5.74, 6) is -4.12. The summed E-state index contributed by atoms with van der Waals surface area (Å²) in [6, 6.07) is 2.70. The van der Waals surface area contributed by atoms with Gasteiger partial charge in [0, 0.05) is 6.61 Å². The molecule has 0 heterocycles. The molecule has 0 aromatic heterocycles. The highest BCUT2D eigenvalue weighted by Crippen LogP contribution is 2.11. The first kappa shape index (κ1) is 18.9. The lowest BCUT2D eigenvalue weighted by Crippen LogP contribution is -2.07. The molecule has 0 aliphatic carbocycles. The van der Waals surface area contributed by atoms with Crippen LogP contribution in [0, 0.1) is 0 Å². The van der Waals surface area contributed by atoms with Gasteiger partial charge in [-0.2, -0.15) is 0 Å². The van der Waals surface area contributed by atoms with E-state index in [2.05, 4.69) is 0 Å². The molecule has 0 saturated carbocycles. The molecule has 0 atom stereocenters. The molecule has 0 saturated heterocycles. The molecule has 0 aliphatic heterocycles. The van der Waals surface area contributed by atoms with Gasteiger partial charge in [0.15, 0.2) is 0 Å². The van der Waals surface area contributed by atoms with Crippen LogP contribution in [0.4, 0.5) is 0 Å². The molecule has 1 aromatic rings. The zero-order chi connectivity index (χ0) is 14.3. The Hall–Kier alpha value is -2.45. The van der Waals surface area contributed by atoms with Gasteiger partial charge in [0.25, 0.3) is 0 Å². The van der Waals surface area contributed by atoms with Crippen molar-refractivity contribution in [2.75, 3.05) is 6.61 Å². The summed E-state index contributed by atoms with van der Waals surface area (Å²) in [5.41, 5.74) is -1.10. The van der Waals surface area contributed by atoms with Crippen molar-refractivity contribution < 1.29 is 40.3 Å². The Morgan fingerprint density at radius 1 is 0.842 bits per heavy atom. The Labute approximate surface area is 107 Å². The zero-order valence-corrected chi connectivity index (χ0v) is 9.95. The van der Waals surface area contributed by atoms with Crippen molar-refractivity contribution in [3.63, 3.8) is 0 Å². The maximum absolute atomic E-state index is 10.6. The highest BCUT2D eigenvalue weighted by atomic mass is 16.4. The van der Waals surface area contributed by atoms with Gasteiger partial charge >= 0.3 is 17.9 Å². The monoisotopic (exact) mass is 274 g/mol. The van der Waals surface area contributed by atoms with Crippen molar-refractivity contribution >= 4 is 17.9 Å². The van der Waals surface area contributed by atoms with Crippen LogP contribution in [0.5, 0.6) is 0 Å². The molecule has 0 unspecified atom stereocenters. The number of aromatic carboxylic acids is 3. The van der Waals surface area contributed by atoms with Gasteiger partial charge in [0.05, 0.1) is 16.7 Å². The Balaban J connectivity index is 0. The molecule has 8 heteroatoms. The molecule has 1 rings (SSSR count). The molecule has 0 aliphatic rings. The predicted octanol–water partition coefficient (Wildman–Crippen LogP) is -0.0449. The average Bonchev–Trinajstić information content (AvgIpc) is 2.29. The maximum Gasteiger partial charge on any atom is 0.335 e. The molecule has 0 amide bonds. The molecule has 0 radical (unpaired) electrons. The molecule has 1 aromatic carbocycles. The summed E-state index contributed by atoms with van der Waals surface area (Å²) in [4.78, 5) is 31.7. The van der Waals surface area contributed by atoms with Crippen LogP contribution in [-0.4, -0.2) is 50.4 Å². The minimum absolute atomic E-state index is 0. The topological polar surface area (TPSA) is 164 Å². The van der Waals surface area contributed by atoms with Gasteiger partial charge in [-0.1, -0.05) is 0 Å². The summed E-state index contributed by atoms with van der Waals surface area (Å²) < 4.78 is 0. The van der Waals surface area contributed by atoms with Gasteiger partial charge in [0.1, 0.15) is 0 Å². The Bertz CT molecular complexity index is 387. The first-order valence-electron chi connectivity index (χ1n) is 4.79. The Morgan fingerprint density at radius 3 is 1.11 bits per heavy atom. The van der Waals surface area contributed by atoms with E-state index < -0.39 is 17.9 Å². The maximum atomic E-state index is 10.6. The quantitative estimate of drug-likeness (QED) is 0.600. The predicted molar refractivity (Wildman–Crippen MR) is 63.7 cm³/mol. The van der Waals surface area contributed by atoms with E-state index in [1.807, 2.05) is 0 Å². The van der Waals surface area contributed by atoms with Crippen LogP contribution in [0.3, 0.4) is 0 Å². The van der Waals surface area contributed by atoms with Gasteiger partial charge in [-0.25, -0.2) is 14.4 Å². The number of hydrogen-bond donors (Lipinski definition) is 4. The SMILES string of the molecule is CCO.O.O=C(O)c1cc(C(=O)O)cc(C(=O)O)c1. The molecule has 6 N–H and O–H groups in total. The molecule has 0 spiro atoms. The van der Waals surface area contributed by atoms with Crippen LogP contribution in [-0.2, 0) is 0 Å². The summed E-state index contributed by atoms with van der Waals surface area (Å²) in [6.45, 7) is 1.93. The first-order valence-corrected chi connectivity index (χ1v) is 4.79. The Kier molecular flexibility index (Phi) is 8.57. The number of aliphatic hydroxyl groups excluding tert-OH is 1. The zero-order valence-electron chi connectivity index (χ0n) is 9.95. The summed E-state index contributed by atoms with van der Waals surface area (Å²) in [7, 11) is 0. The number of aliphatic hydroxyl groups is 1. The van der Waals surface area contributed by atoms with Crippen molar-refractivity contribution in [2.24, 2.45) is 0 Å². The highest BCUT2D eigenvalue weighted by molar-refractivity contribution is 5.98. The lowest BCUT2D eigenvalue weighted by Gasteiger charge is -2.00. The molecule has 19 heavy (non-hydrogen) atoms. The molecular weight excluding hydrogens is 260 g/mol. The molecular formula is C11H14O8. The van der Waals surface area contributed by atoms with E-state index in [-0.39, 0.29) is 28.8 Å². The highest BCUT2D eigenvalue weighted by Gasteiger charge is 2.14. The van der Waals surface area contributed by atoms with Crippen molar-refractivity contribution in [1.29, 1.82) is 0 Å². The number of carboxylic acids is 3. The smallest absolute Gasteiger partial charge is 0.335 e. The number of carboxylic acid groups (broad SMARTS) is 3. The molecule has 0 fully saturated rings. The second kappa shape index (κ2) is 8.61. The summed E-state index contributed by atoms with van der Waals surface area (Å²) in [5, 5.41) is 33.4. The van der Waals surface area contributed by atoms with E-state index in [1.165, 1.54) is 0 Å². The van der Waals surface area contributed by atoms with Gasteiger partial charge in [-0.3, -0.25) is 0 Å². The average molecular weight is 274 g/mol. The van der Waals surface area contributed by atoms with Crippen molar-refractivity contribution in [3.05, 3.63) is 34.9 Å². The van der Waals surface area contributed by atoms with Crippen LogP contribution in [0.15, 0.2) is 18.2 Å². The third-order valence-electron chi connectivity index (χ3n) is 1.67. The minimum atomic E-state index is -1.37. The van der Waals surface area contributed by atoms with Gasteiger partial charge in [-0.05, 0) is 25.1 Å². The number of benzene rings is 1. The van der Waals surface area contributed by atoms with E-state index in [4.69, 9.17) is 20.4 Å². The van der Waals surface area contributed by atoms with Crippen molar-refractivity contribution in [3.8, 4) is 0 Å². The first-order chi connectivity index (χ1) is 8.33. The third-order valence-corrected chi connectivity index (χ3v) is 1.67. The second-order valence-electron chi connectivity index (χ2n) is 3.03. The lowest BCUT2D eigenvalue weighted by molar-refractivity contribution is 0.0696. The van der Waals surface area contributed by atoms with Gasteiger partial charge in [0.2, 0.25) is 0 Å². The fourth-order valence-electron chi connectivity index (χ4n) is 0.998. The second-order valence-corrected chi connectivity index (χ2v) is 3.03. The van der Waals surface area contributed by atoms with E-state index in [1.54, 1.807) is 6.92 Å². The van der Waals surface area contributed by atoms with E-state index in [9.17, 15) is 14.4 Å². The van der Waals surface area contributed by atoms with Gasteiger partial charge in [-0.15, -0.1) is 0 Å². The number of rotatable bonds is 3. The molecule has 8 nitrogen and oxygen atoms in total.